The van der Waals surface area contributed by atoms with Gasteiger partial charge in [0.25, 0.3) is 0 Å². The minimum absolute atomic E-state index is 0.132. The first-order valence-electron chi connectivity index (χ1n) is 6.49. The van der Waals surface area contributed by atoms with Crippen LogP contribution in [0.2, 0.25) is 0 Å². The molecule has 0 amide bonds. The number of carbonyl (C=O) groups is 1. The normalized spacial score (nSPS) is 13.4. The molecule has 0 saturated heterocycles. The monoisotopic (exact) mass is 263 g/mol. The minimum Gasteiger partial charge on any atom is -0.324 e. The summed E-state index contributed by atoms with van der Waals surface area (Å²) in [6, 6.07) is 7.49. The summed E-state index contributed by atoms with van der Waals surface area (Å²) in [5.74, 6) is 3.21. The number of aryl methyl sites for hydroxylation is 1. The highest BCUT2D eigenvalue weighted by atomic mass is 16.1. The number of terminal acetylenes is 1. The lowest BCUT2D eigenvalue weighted by Crippen LogP contribution is -2.14. The summed E-state index contributed by atoms with van der Waals surface area (Å²) < 4.78 is 0. The maximum atomic E-state index is 11.7. The van der Waals surface area contributed by atoms with Crippen LogP contribution in [0.1, 0.15) is 34.5 Å². The Hall–Kier alpha value is -2.67. The standard InChI is InChI=1S/C16H13N3O/c1-2-11-5-3-6-12(9-11)18-16-17-10-13-14(19-16)7-4-8-15(13)20/h1,3,5-6,9-10H,4,7-8H2,(H,17,18,19). The highest BCUT2D eigenvalue weighted by molar-refractivity contribution is 5.97. The van der Waals surface area contributed by atoms with Crippen molar-refractivity contribution in [3.05, 3.63) is 47.3 Å². The van der Waals surface area contributed by atoms with Crippen molar-refractivity contribution in [3.63, 3.8) is 0 Å². The van der Waals surface area contributed by atoms with Gasteiger partial charge in [-0.1, -0.05) is 12.0 Å². The molecule has 0 aliphatic heterocycles. The molecule has 1 aliphatic carbocycles. The van der Waals surface area contributed by atoms with Crippen molar-refractivity contribution < 1.29 is 4.79 Å². The summed E-state index contributed by atoms with van der Waals surface area (Å²) in [6.45, 7) is 0. The molecule has 4 nitrogen and oxygen atoms in total. The molecule has 1 aliphatic rings. The number of hydrogen-bond acceptors (Lipinski definition) is 4. The van der Waals surface area contributed by atoms with E-state index in [1.165, 1.54) is 0 Å². The number of aromatic nitrogens is 2. The van der Waals surface area contributed by atoms with Gasteiger partial charge in [0.2, 0.25) is 5.95 Å². The van der Waals surface area contributed by atoms with Crippen molar-refractivity contribution in [1.29, 1.82) is 0 Å². The Morgan fingerprint density at radius 2 is 2.20 bits per heavy atom. The topological polar surface area (TPSA) is 54.9 Å². The Bertz CT molecular complexity index is 716. The van der Waals surface area contributed by atoms with E-state index in [-0.39, 0.29) is 5.78 Å². The molecule has 0 saturated carbocycles. The van der Waals surface area contributed by atoms with Gasteiger partial charge in [0.15, 0.2) is 5.78 Å². The molecule has 1 aromatic heterocycles. The lowest BCUT2D eigenvalue weighted by Gasteiger charge is -2.14. The van der Waals surface area contributed by atoms with Crippen LogP contribution in [0.5, 0.6) is 0 Å². The van der Waals surface area contributed by atoms with Crippen molar-refractivity contribution in [2.75, 3.05) is 5.32 Å². The smallest absolute Gasteiger partial charge is 0.227 e. The lowest BCUT2D eigenvalue weighted by molar-refractivity contribution is 0.0971. The summed E-state index contributed by atoms with van der Waals surface area (Å²) in [5, 5.41) is 3.11. The number of benzene rings is 1. The van der Waals surface area contributed by atoms with E-state index in [2.05, 4.69) is 21.2 Å². The van der Waals surface area contributed by atoms with Crippen LogP contribution in [0.4, 0.5) is 11.6 Å². The van der Waals surface area contributed by atoms with Gasteiger partial charge in [-0.2, -0.15) is 0 Å². The van der Waals surface area contributed by atoms with Crippen molar-refractivity contribution >= 4 is 17.4 Å². The first kappa shape index (κ1) is 12.4. The summed E-state index contributed by atoms with van der Waals surface area (Å²) in [7, 11) is 0. The van der Waals surface area contributed by atoms with Gasteiger partial charge < -0.3 is 5.32 Å². The fourth-order valence-corrected chi connectivity index (χ4v) is 2.27. The SMILES string of the molecule is C#Cc1cccc(Nc2ncc3c(n2)CCCC3=O)c1. The Morgan fingerprint density at radius 3 is 3.05 bits per heavy atom. The van der Waals surface area contributed by atoms with E-state index in [1.807, 2.05) is 24.3 Å². The van der Waals surface area contributed by atoms with Crippen molar-refractivity contribution in [2.45, 2.75) is 19.3 Å². The number of Topliss-reactive ketones (excluding diaryl/α,β-unsaturated/α-hetero) is 1. The molecular formula is C16H13N3O. The fourth-order valence-electron chi connectivity index (χ4n) is 2.27. The molecule has 20 heavy (non-hydrogen) atoms. The molecule has 0 atom stereocenters. The third-order valence-corrected chi connectivity index (χ3v) is 3.27. The van der Waals surface area contributed by atoms with E-state index < -0.39 is 0 Å². The summed E-state index contributed by atoms with van der Waals surface area (Å²) >= 11 is 0. The molecule has 0 radical (unpaired) electrons. The van der Waals surface area contributed by atoms with E-state index in [0.29, 0.717) is 17.9 Å². The minimum atomic E-state index is 0.132. The molecule has 1 N–H and O–H groups in total. The fraction of sp³-hybridized carbons (Fsp3) is 0.188. The van der Waals surface area contributed by atoms with Gasteiger partial charge in [-0.15, -0.1) is 6.42 Å². The summed E-state index contributed by atoms with van der Waals surface area (Å²) in [4.78, 5) is 20.3. The highest BCUT2D eigenvalue weighted by Crippen LogP contribution is 2.21. The molecule has 1 aromatic carbocycles. The second-order valence-corrected chi connectivity index (χ2v) is 4.68. The van der Waals surface area contributed by atoms with E-state index in [0.717, 1.165) is 29.8 Å². The van der Waals surface area contributed by atoms with Gasteiger partial charge >= 0.3 is 0 Å². The first-order valence-corrected chi connectivity index (χ1v) is 6.49. The largest absolute Gasteiger partial charge is 0.324 e. The third-order valence-electron chi connectivity index (χ3n) is 3.27. The van der Waals surface area contributed by atoms with Crippen molar-refractivity contribution in [1.82, 2.24) is 9.97 Å². The molecule has 2 aromatic rings. The molecule has 1 heterocycles. The van der Waals surface area contributed by atoms with Gasteiger partial charge in [-0.25, -0.2) is 9.97 Å². The number of nitrogens with zero attached hydrogens (tertiary/aromatic N) is 2. The van der Waals surface area contributed by atoms with Crippen LogP contribution in [0.3, 0.4) is 0 Å². The maximum Gasteiger partial charge on any atom is 0.227 e. The number of nitrogens with one attached hydrogen (secondary N) is 1. The van der Waals surface area contributed by atoms with E-state index in [9.17, 15) is 4.79 Å². The Morgan fingerprint density at radius 1 is 1.30 bits per heavy atom. The van der Waals surface area contributed by atoms with Gasteiger partial charge in [-0.3, -0.25) is 4.79 Å². The molecule has 98 valence electrons. The van der Waals surface area contributed by atoms with Gasteiger partial charge in [0.05, 0.1) is 11.3 Å². The Labute approximate surface area is 117 Å². The molecule has 0 fully saturated rings. The highest BCUT2D eigenvalue weighted by Gasteiger charge is 2.19. The number of fused-ring (bicyclic) bond motifs is 1. The first-order chi connectivity index (χ1) is 9.76. The predicted molar refractivity (Wildman–Crippen MR) is 77.0 cm³/mol. The second-order valence-electron chi connectivity index (χ2n) is 4.68. The molecule has 0 bridgehead atoms. The zero-order valence-corrected chi connectivity index (χ0v) is 10.9. The van der Waals surface area contributed by atoms with Crippen LogP contribution in [-0.2, 0) is 6.42 Å². The maximum absolute atomic E-state index is 11.7. The number of carbonyl (C=O) groups excluding carboxylic acids is 1. The Balaban J connectivity index is 1.88. The predicted octanol–water partition coefficient (Wildman–Crippen LogP) is 2.72. The van der Waals surface area contributed by atoms with E-state index in [1.54, 1.807) is 6.20 Å². The van der Waals surface area contributed by atoms with Crippen LogP contribution < -0.4 is 5.32 Å². The molecule has 3 rings (SSSR count). The second kappa shape index (κ2) is 5.14. The van der Waals surface area contributed by atoms with Gasteiger partial charge in [0, 0.05) is 23.9 Å². The van der Waals surface area contributed by atoms with E-state index in [4.69, 9.17) is 6.42 Å². The van der Waals surface area contributed by atoms with Crippen LogP contribution in [0.25, 0.3) is 0 Å². The van der Waals surface area contributed by atoms with Crippen LogP contribution in [0.15, 0.2) is 30.5 Å². The zero-order chi connectivity index (χ0) is 13.9. The lowest BCUT2D eigenvalue weighted by atomic mass is 9.96. The number of anilines is 2. The number of ketones is 1. The van der Waals surface area contributed by atoms with Crippen molar-refractivity contribution in [2.24, 2.45) is 0 Å². The van der Waals surface area contributed by atoms with Gasteiger partial charge in [0.1, 0.15) is 0 Å². The van der Waals surface area contributed by atoms with Crippen LogP contribution >= 0.6 is 0 Å². The molecular weight excluding hydrogens is 250 g/mol. The quantitative estimate of drug-likeness (QED) is 0.846. The summed E-state index contributed by atoms with van der Waals surface area (Å²) in [5.41, 5.74) is 3.11. The zero-order valence-electron chi connectivity index (χ0n) is 10.9. The number of hydrogen-bond donors (Lipinski definition) is 1. The van der Waals surface area contributed by atoms with Crippen molar-refractivity contribution in [3.8, 4) is 12.3 Å². The van der Waals surface area contributed by atoms with Crippen LogP contribution in [0, 0.1) is 12.3 Å². The third kappa shape index (κ3) is 2.39. The number of rotatable bonds is 2. The Kier molecular flexibility index (Phi) is 3.18. The molecule has 0 unspecified atom stereocenters. The molecule has 0 spiro atoms. The van der Waals surface area contributed by atoms with Gasteiger partial charge in [-0.05, 0) is 31.0 Å². The van der Waals surface area contributed by atoms with Crippen LogP contribution in [-0.4, -0.2) is 15.8 Å². The molecule has 4 heteroatoms. The van der Waals surface area contributed by atoms with E-state index >= 15 is 0 Å². The average Bonchev–Trinajstić information content (AvgIpc) is 2.47. The summed E-state index contributed by atoms with van der Waals surface area (Å²) in [6.07, 6.45) is 9.25. The average molecular weight is 263 g/mol.